The molecule has 0 nitrogen and oxygen atoms in total. The molecule has 1 aromatic carbocycles. The van der Waals surface area contributed by atoms with Crippen LogP contribution in [0, 0.1) is 5.92 Å². The first-order chi connectivity index (χ1) is 10.5. The molecule has 0 amide bonds. The largest absolute Gasteiger partial charge is 0.445 e. The lowest BCUT2D eigenvalue weighted by Crippen LogP contribution is -2.20. The summed E-state index contributed by atoms with van der Waals surface area (Å²) in [6, 6.07) is 5.44. The zero-order valence-electron chi connectivity index (χ0n) is 13.6. The number of halogens is 4. The van der Waals surface area contributed by atoms with Gasteiger partial charge in [0, 0.05) is 4.90 Å². The van der Waals surface area contributed by atoms with E-state index in [0.717, 1.165) is 31.2 Å². The second-order valence-corrected chi connectivity index (χ2v) is 11.4. The minimum Gasteiger partial charge on any atom is -0.160 e. The van der Waals surface area contributed by atoms with Gasteiger partial charge in [-0.25, -0.2) is 0 Å². The van der Waals surface area contributed by atoms with Crippen molar-refractivity contribution in [1.29, 1.82) is 0 Å². The fraction of sp³-hybridized carbons (Fsp3) is 0.556. The van der Waals surface area contributed by atoms with E-state index in [2.05, 4.69) is 0 Å². The molecule has 5 heteroatoms. The fourth-order valence-electron chi connectivity index (χ4n) is 3.54. The molecule has 128 valence electrons. The molecule has 23 heavy (non-hydrogen) atoms. The maximum Gasteiger partial charge on any atom is 0.445 e. The van der Waals surface area contributed by atoms with E-state index in [1.165, 1.54) is 0 Å². The Morgan fingerprint density at radius 1 is 1.09 bits per heavy atom. The minimum absolute atomic E-state index is 0.0189. The standard InChI is InChI=1S/C18H22ClF3S/c1-17(2,3)14-9-8-13-10-15(12-6-4-5-7-12)23(19,16(13)11-14)18(20,21)22/h8-12H,4-7H2,1-3H3. The monoisotopic (exact) mass is 362 g/mol. The molecular weight excluding hydrogens is 341 g/mol. The quantitative estimate of drug-likeness (QED) is 0.489. The molecule has 0 saturated heterocycles. The van der Waals surface area contributed by atoms with Crippen LogP contribution in [0.5, 0.6) is 0 Å². The summed E-state index contributed by atoms with van der Waals surface area (Å²) in [6.45, 7) is 6.02. The molecule has 3 rings (SSSR count). The lowest BCUT2D eigenvalue weighted by atomic mass is 9.86. The van der Waals surface area contributed by atoms with Crippen molar-refractivity contribution in [1.82, 2.24) is 0 Å². The van der Waals surface area contributed by atoms with Gasteiger partial charge in [-0.1, -0.05) is 45.7 Å². The van der Waals surface area contributed by atoms with Crippen molar-refractivity contribution in [3.63, 3.8) is 0 Å². The number of hydrogen-bond donors (Lipinski definition) is 0. The molecule has 0 aromatic heterocycles. The van der Waals surface area contributed by atoms with Gasteiger partial charge in [0.25, 0.3) is 0 Å². The Hall–Kier alpha value is -0.610. The van der Waals surface area contributed by atoms with Crippen LogP contribution in [0.2, 0.25) is 0 Å². The second kappa shape index (κ2) is 5.45. The number of fused-ring (bicyclic) bond motifs is 1. The average Bonchev–Trinajstić information content (AvgIpc) is 3.03. The molecule has 1 heterocycles. The maximum atomic E-state index is 14.0. The minimum atomic E-state index is -4.41. The van der Waals surface area contributed by atoms with Gasteiger partial charge in [-0.05, 0) is 72.3 Å². The number of allylic oxidation sites excluding steroid dienone is 1. The first kappa shape index (κ1) is 17.2. The highest BCUT2D eigenvalue weighted by molar-refractivity contribution is 8.54. The van der Waals surface area contributed by atoms with Crippen LogP contribution >= 0.6 is 19.9 Å². The van der Waals surface area contributed by atoms with Gasteiger partial charge < -0.3 is 0 Å². The van der Waals surface area contributed by atoms with Crippen LogP contribution in [0.15, 0.2) is 28.0 Å². The van der Waals surface area contributed by atoms with Crippen molar-refractivity contribution in [2.45, 2.75) is 62.3 Å². The molecule has 1 fully saturated rings. The summed E-state index contributed by atoms with van der Waals surface area (Å²) in [5, 5.41) is 0. The maximum absolute atomic E-state index is 14.0. The van der Waals surface area contributed by atoms with E-state index in [1.807, 2.05) is 32.9 Å². The molecule has 0 radical (unpaired) electrons. The van der Waals surface area contributed by atoms with Gasteiger partial charge in [0.1, 0.15) is 0 Å². The second-order valence-electron chi connectivity index (χ2n) is 7.51. The van der Waals surface area contributed by atoms with E-state index < -0.39 is 14.7 Å². The average molecular weight is 363 g/mol. The lowest BCUT2D eigenvalue weighted by molar-refractivity contribution is -0.0361. The van der Waals surface area contributed by atoms with Gasteiger partial charge in [-0.2, -0.15) is 13.2 Å². The van der Waals surface area contributed by atoms with Crippen molar-refractivity contribution >= 4 is 26.0 Å². The molecule has 2 aliphatic rings. The number of benzene rings is 1. The molecule has 1 atom stereocenters. The molecule has 0 spiro atoms. The van der Waals surface area contributed by atoms with E-state index in [9.17, 15) is 13.2 Å². The Balaban J connectivity index is 2.15. The van der Waals surface area contributed by atoms with Crippen LogP contribution in [0.1, 0.15) is 57.6 Å². The number of rotatable bonds is 1. The third-order valence-electron chi connectivity index (χ3n) is 4.88. The van der Waals surface area contributed by atoms with Gasteiger partial charge in [0.2, 0.25) is 0 Å². The van der Waals surface area contributed by atoms with Crippen LogP contribution in [-0.2, 0) is 5.41 Å². The van der Waals surface area contributed by atoms with Crippen LogP contribution < -0.4 is 0 Å². The summed E-state index contributed by atoms with van der Waals surface area (Å²) in [5.41, 5.74) is -3.06. The summed E-state index contributed by atoms with van der Waals surface area (Å²) in [7, 11) is 2.98. The summed E-state index contributed by atoms with van der Waals surface area (Å²) in [5.74, 6) is -0.0189. The van der Waals surface area contributed by atoms with Crippen molar-refractivity contribution in [3.8, 4) is 0 Å². The van der Waals surface area contributed by atoms with E-state index in [0.29, 0.717) is 15.4 Å². The van der Waals surface area contributed by atoms with E-state index in [-0.39, 0.29) is 11.3 Å². The molecule has 1 aliphatic heterocycles. The predicted molar refractivity (Wildman–Crippen MR) is 92.8 cm³/mol. The van der Waals surface area contributed by atoms with Crippen LogP contribution in [0.4, 0.5) is 13.2 Å². The zero-order valence-corrected chi connectivity index (χ0v) is 15.2. The Labute approximate surface area is 141 Å². The fourth-order valence-corrected chi connectivity index (χ4v) is 6.95. The first-order valence-electron chi connectivity index (χ1n) is 8.00. The summed E-state index contributed by atoms with van der Waals surface area (Å²) in [4.78, 5) is 0.728. The normalized spacial score (nSPS) is 28.4. The Kier molecular flexibility index (Phi) is 4.08. The SMILES string of the molecule is CC(C)(C)c1ccc2c(c1)S(Cl)(C(F)(F)F)C(C1CCCC1)=C2. The van der Waals surface area contributed by atoms with E-state index in [4.69, 9.17) is 10.7 Å². The van der Waals surface area contributed by atoms with Crippen molar-refractivity contribution in [3.05, 3.63) is 34.2 Å². The molecular formula is C18H22ClF3S. The van der Waals surface area contributed by atoms with E-state index >= 15 is 0 Å². The van der Waals surface area contributed by atoms with Gasteiger partial charge in [0.05, 0.1) is 0 Å². The van der Waals surface area contributed by atoms with Crippen molar-refractivity contribution in [2.24, 2.45) is 5.92 Å². The highest BCUT2D eigenvalue weighted by atomic mass is 35.7. The Bertz CT molecular complexity index is 651. The summed E-state index contributed by atoms with van der Waals surface area (Å²) < 4.78 is 42.1. The number of alkyl halides is 3. The van der Waals surface area contributed by atoms with Gasteiger partial charge in [-0.15, -0.1) is 0 Å². The molecule has 1 unspecified atom stereocenters. The first-order valence-corrected chi connectivity index (χ1v) is 10.5. The molecule has 1 saturated carbocycles. The highest BCUT2D eigenvalue weighted by Crippen LogP contribution is 2.81. The van der Waals surface area contributed by atoms with Crippen LogP contribution in [-0.4, -0.2) is 5.51 Å². The van der Waals surface area contributed by atoms with Gasteiger partial charge >= 0.3 is 5.51 Å². The molecule has 0 bridgehead atoms. The zero-order chi connectivity index (χ0) is 17.0. The smallest absolute Gasteiger partial charge is 0.160 e. The van der Waals surface area contributed by atoms with Crippen molar-refractivity contribution < 1.29 is 13.2 Å². The van der Waals surface area contributed by atoms with E-state index in [1.54, 1.807) is 12.1 Å². The topological polar surface area (TPSA) is 0 Å². The molecule has 0 N–H and O–H groups in total. The number of hydrogen-bond acceptors (Lipinski definition) is 0. The molecule has 1 aliphatic carbocycles. The molecule has 1 aromatic rings. The summed E-state index contributed by atoms with van der Waals surface area (Å²) >= 11 is 0. The Morgan fingerprint density at radius 3 is 2.22 bits per heavy atom. The predicted octanol–water partition coefficient (Wildman–Crippen LogP) is 7.37. The third kappa shape index (κ3) is 2.72. The van der Waals surface area contributed by atoms with Gasteiger partial charge in [-0.3, -0.25) is 0 Å². The van der Waals surface area contributed by atoms with Crippen LogP contribution in [0.3, 0.4) is 0 Å². The Morgan fingerprint density at radius 2 is 1.70 bits per heavy atom. The summed E-state index contributed by atoms with van der Waals surface area (Å²) in [6.07, 6.45) is 5.37. The van der Waals surface area contributed by atoms with Gasteiger partial charge in [0.15, 0.2) is 0 Å². The third-order valence-corrected chi connectivity index (χ3v) is 9.14. The van der Waals surface area contributed by atoms with Crippen molar-refractivity contribution in [2.75, 3.05) is 0 Å². The highest BCUT2D eigenvalue weighted by Gasteiger charge is 2.57. The lowest BCUT2D eigenvalue weighted by Gasteiger charge is -2.37. The van der Waals surface area contributed by atoms with Crippen LogP contribution in [0.25, 0.3) is 6.08 Å².